The summed E-state index contributed by atoms with van der Waals surface area (Å²) in [5, 5.41) is 14.6. The van der Waals surface area contributed by atoms with E-state index in [0.29, 0.717) is 13.0 Å². The minimum absolute atomic E-state index is 0.00310. The number of aliphatic hydroxyl groups is 1. The molecule has 2 atom stereocenters. The van der Waals surface area contributed by atoms with Crippen LogP contribution in [0.3, 0.4) is 0 Å². The molecule has 1 aromatic rings. The van der Waals surface area contributed by atoms with Gasteiger partial charge < -0.3 is 20.6 Å². The molecule has 1 saturated heterocycles. The highest BCUT2D eigenvalue weighted by atomic mass is 16.3. The average molecular weight is 305 g/mol. The van der Waals surface area contributed by atoms with Crippen LogP contribution >= 0.6 is 0 Å². The van der Waals surface area contributed by atoms with Crippen LogP contribution in [-0.4, -0.2) is 42.3 Å². The molecule has 0 aliphatic carbocycles. The van der Waals surface area contributed by atoms with E-state index in [2.05, 4.69) is 10.6 Å². The predicted octanol–water partition coefficient (Wildman–Crippen LogP) is 1.17. The van der Waals surface area contributed by atoms with Gasteiger partial charge in [-0.15, -0.1) is 0 Å². The summed E-state index contributed by atoms with van der Waals surface area (Å²) in [7, 11) is 0. The number of carbonyl (C=O) groups is 2. The Morgan fingerprint density at radius 1 is 1.41 bits per heavy atom. The zero-order valence-electron chi connectivity index (χ0n) is 13.0. The fourth-order valence-electron chi connectivity index (χ4n) is 2.47. The van der Waals surface area contributed by atoms with Gasteiger partial charge in [-0.3, -0.25) is 4.79 Å². The number of aliphatic hydroxyl groups excluding tert-OH is 1. The Morgan fingerprint density at radius 3 is 2.68 bits per heavy atom. The zero-order valence-corrected chi connectivity index (χ0v) is 13.0. The molecule has 0 radical (unpaired) electrons. The second kappa shape index (κ2) is 7.26. The van der Waals surface area contributed by atoms with Gasteiger partial charge in [0.2, 0.25) is 5.91 Å². The Hall–Kier alpha value is -2.08. The molecule has 1 fully saturated rings. The first-order valence-corrected chi connectivity index (χ1v) is 7.58. The third kappa shape index (κ3) is 3.98. The zero-order chi connectivity index (χ0) is 16.1. The lowest BCUT2D eigenvalue weighted by Gasteiger charge is -2.19. The Morgan fingerprint density at radius 2 is 2.09 bits per heavy atom. The van der Waals surface area contributed by atoms with Crippen LogP contribution in [0.4, 0.5) is 10.5 Å². The quantitative estimate of drug-likeness (QED) is 0.764. The first kappa shape index (κ1) is 16.3. The van der Waals surface area contributed by atoms with E-state index in [1.807, 2.05) is 38.1 Å². The predicted molar refractivity (Wildman–Crippen MR) is 84.8 cm³/mol. The molecule has 0 bridgehead atoms. The Bertz CT molecular complexity index is 526. The number of aryl methyl sites for hydroxylation is 1. The van der Waals surface area contributed by atoms with E-state index in [-0.39, 0.29) is 37.0 Å². The van der Waals surface area contributed by atoms with Crippen molar-refractivity contribution in [1.29, 1.82) is 0 Å². The van der Waals surface area contributed by atoms with E-state index in [1.165, 1.54) is 0 Å². The molecule has 0 aromatic heterocycles. The van der Waals surface area contributed by atoms with Crippen molar-refractivity contribution in [3.63, 3.8) is 0 Å². The van der Waals surface area contributed by atoms with Crippen LogP contribution in [0, 0.1) is 6.92 Å². The topological polar surface area (TPSA) is 81.7 Å². The maximum absolute atomic E-state index is 12.1. The highest BCUT2D eigenvalue weighted by Gasteiger charge is 2.31. The van der Waals surface area contributed by atoms with Gasteiger partial charge in [0, 0.05) is 18.7 Å². The second-order valence-corrected chi connectivity index (χ2v) is 5.65. The van der Waals surface area contributed by atoms with Crippen LogP contribution in [0.25, 0.3) is 0 Å². The van der Waals surface area contributed by atoms with Gasteiger partial charge in [0.1, 0.15) is 0 Å². The standard InChI is InChI=1S/C16H23N3O3/c1-3-12(10-20)17-16(22)18-13-8-15(21)19(9-13)14-6-4-11(2)5-7-14/h4-7,12-13,20H,3,8-10H2,1-2H3,(H2,17,18,22)/t12-,13+/m1/s1. The summed E-state index contributed by atoms with van der Waals surface area (Å²) in [5.74, 6) is 0.00310. The van der Waals surface area contributed by atoms with Gasteiger partial charge in [0.05, 0.1) is 18.7 Å². The molecule has 1 aliphatic rings. The van der Waals surface area contributed by atoms with Gasteiger partial charge >= 0.3 is 6.03 Å². The van der Waals surface area contributed by atoms with Crippen molar-refractivity contribution in [2.24, 2.45) is 0 Å². The molecule has 3 amide bonds. The Labute approximate surface area is 130 Å². The molecular formula is C16H23N3O3. The van der Waals surface area contributed by atoms with E-state index in [9.17, 15) is 9.59 Å². The van der Waals surface area contributed by atoms with Crippen molar-refractivity contribution >= 4 is 17.6 Å². The van der Waals surface area contributed by atoms with Crippen LogP contribution < -0.4 is 15.5 Å². The number of amides is 3. The molecule has 0 spiro atoms. The fourth-order valence-corrected chi connectivity index (χ4v) is 2.47. The third-order valence-electron chi connectivity index (χ3n) is 3.85. The van der Waals surface area contributed by atoms with Crippen molar-refractivity contribution in [2.45, 2.75) is 38.8 Å². The smallest absolute Gasteiger partial charge is 0.315 e. The summed E-state index contributed by atoms with van der Waals surface area (Å²) in [4.78, 5) is 25.6. The summed E-state index contributed by atoms with van der Waals surface area (Å²) >= 11 is 0. The molecule has 3 N–H and O–H groups in total. The average Bonchev–Trinajstić information content (AvgIpc) is 2.86. The number of carbonyl (C=O) groups excluding carboxylic acids is 2. The highest BCUT2D eigenvalue weighted by molar-refractivity contribution is 5.96. The Balaban J connectivity index is 1.92. The molecule has 1 heterocycles. The maximum Gasteiger partial charge on any atom is 0.315 e. The molecule has 0 unspecified atom stereocenters. The van der Waals surface area contributed by atoms with E-state index < -0.39 is 0 Å². The molecule has 1 aliphatic heterocycles. The lowest BCUT2D eigenvalue weighted by molar-refractivity contribution is -0.117. The summed E-state index contributed by atoms with van der Waals surface area (Å²) < 4.78 is 0. The van der Waals surface area contributed by atoms with Crippen molar-refractivity contribution in [2.75, 3.05) is 18.1 Å². The molecular weight excluding hydrogens is 282 g/mol. The van der Waals surface area contributed by atoms with E-state index in [1.54, 1.807) is 4.90 Å². The SMILES string of the molecule is CC[C@H](CO)NC(=O)N[C@H]1CC(=O)N(c2ccc(C)cc2)C1. The minimum Gasteiger partial charge on any atom is -0.394 e. The third-order valence-corrected chi connectivity index (χ3v) is 3.85. The first-order chi connectivity index (χ1) is 10.5. The number of hydrogen-bond acceptors (Lipinski definition) is 3. The minimum atomic E-state index is -0.343. The lowest BCUT2D eigenvalue weighted by atomic mass is 10.2. The van der Waals surface area contributed by atoms with Gasteiger partial charge in [-0.1, -0.05) is 24.6 Å². The summed E-state index contributed by atoms with van der Waals surface area (Å²) in [6.45, 7) is 4.25. The molecule has 1 aromatic carbocycles. The Kier molecular flexibility index (Phi) is 5.38. The number of hydrogen-bond donors (Lipinski definition) is 3. The van der Waals surface area contributed by atoms with Crippen molar-refractivity contribution in [1.82, 2.24) is 10.6 Å². The summed E-state index contributed by atoms with van der Waals surface area (Å²) in [5.41, 5.74) is 1.99. The monoisotopic (exact) mass is 305 g/mol. The lowest BCUT2D eigenvalue weighted by Crippen LogP contribution is -2.48. The molecule has 22 heavy (non-hydrogen) atoms. The van der Waals surface area contributed by atoms with Crippen molar-refractivity contribution < 1.29 is 14.7 Å². The number of benzene rings is 1. The van der Waals surface area contributed by atoms with Gasteiger partial charge in [-0.25, -0.2) is 4.79 Å². The van der Waals surface area contributed by atoms with E-state index in [4.69, 9.17) is 5.11 Å². The normalized spacial score (nSPS) is 19.1. The van der Waals surface area contributed by atoms with Crippen molar-refractivity contribution in [3.05, 3.63) is 29.8 Å². The number of nitrogens with zero attached hydrogens (tertiary/aromatic N) is 1. The number of nitrogens with one attached hydrogen (secondary N) is 2. The van der Waals surface area contributed by atoms with Crippen LogP contribution in [0.1, 0.15) is 25.3 Å². The number of urea groups is 1. The van der Waals surface area contributed by atoms with Crippen LogP contribution in [0.2, 0.25) is 0 Å². The molecule has 6 heteroatoms. The van der Waals surface area contributed by atoms with Gasteiger partial charge in [0.15, 0.2) is 0 Å². The molecule has 120 valence electrons. The second-order valence-electron chi connectivity index (χ2n) is 5.65. The largest absolute Gasteiger partial charge is 0.394 e. The van der Waals surface area contributed by atoms with Gasteiger partial charge in [-0.05, 0) is 25.5 Å². The van der Waals surface area contributed by atoms with E-state index in [0.717, 1.165) is 11.3 Å². The maximum atomic E-state index is 12.1. The number of anilines is 1. The fraction of sp³-hybridized carbons (Fsp3) is 0.500. The van der Waals surface area contributed by atoms with Crippen molar-refractivity contribution in [3.8, 4) is 0 Å². The highest BCUT2D eigenvalue weighted by Crippen LogP contribution is 2.21. The molecule has 2 rings (SSSR count). The molecule has 6 nitrogen and oxygen atoms in total. The van der Waals surface area contributed by atoms with Gasteiger partial charge in [-0.2, -0.15) is 0 Å². The summed E-state index contributed by atoms with van der Waals surface area (Å²) in [6, 6.07) is 6.93. The number of rotatable bonds is 5. The van der Waals surface area contributed by atoms with E-state index >= 15 is 0 Å². The van der Waals surface area contributed by atoms with Gasteiger partial charge in [0.25, 0.3) is 0 Å². The summed E-state index contributed by atoms with van der Waals surface area (Å²) in [6.07, 6.45) is 0.945. The van der Waals surface area contributed by atoms with Crippen LogP contribution in [-0.2, 0) is 4.79 Å². The van der Waals surface area contributed by atoms with Crippen LogP contribution in [0.15, 0.2) is 24.3 Å². The van der Waals surface area contributed by atoms with Crippen LogP contribution in [0.5, 0.6) is 0 Å². The first-order valence-electron chi connectivity index (χ1n) is 7.58. The molecule has 0 saturated carbocycles.